The van der Waals surface area contributed by atoms with Crippen LogP contribution < -0.4 is 5.56 Å². The van der Waals surface area contributed by atoms with E-state index in [1.165, 1.54) is 17.7 Å². The van der Waals surface area contributed by atoms with Crippen molar-refractivity contribution < 1.29 is 4.79 Å². The number of amides is 1. The van der Waals surface area contributed by atoms with Crippen LogP contribution in [-0.2, 0) is 12.8 Å². The molecule has 2 bridgehead atoms. The molecule has 5 rings (SSSR count). The fraction of sp³-hybridized carbons (Fsp3) is 0.591. The van der Waals surface area contributed by atoms with Gasteiger partial charge in [-0.3, -0.25) is 9.59 Å². The first-order valence-electron chi connectivity index (χ1n) is 10.6. The molecule has 148 valence electrons. The quantitative estimate of drug-likeness (QED) is 0.792. The molecule has 1 saturated heterocycles. The fourth-order valence-electron chi connectivity index (χ4n) is 5.45. The highest BCUT2D eigenvalue weighted by molar-refractivity contribution is 7.13. The van der Waals surface area contributed by atoms with Gasteiger partial charge in [0, 0.05) is 41.7 Å². The number of likely N-dealkylation sites (tertiary alicyclic amines) is 1. The number of hydrogen-bond acceptors (Lipinski definition) is 4. The van der Waals surface area contributed by atoms with Crippen molar-refractivity contribution in [3.05, 3.63) is 49.8 Å². The lowest BCUT2D eigenvalue weighted by atomic mass is 9.77. The van der Waals surface area contributed by atoms with Crippen LogP contribution in [0.15, 0.2) is 23.0 Å². The number of thiazole rings is 1. The predicted octanol–water partition coefficient (Wildman–Crippen LogP) is 3.78. The van der Waals surface area contributed by atoms with Crippen molar-refractivity contribution >= 4 is 17.2 Å². The van der Waals surface area contributed by atoms with Crippen molar-refractivity contribution in [3.8, 4) is 0 Å². The summed E-state index contributed by atoms with van der Waals surface area (Å²) in [5, 5.41) is 0.671. The van der Waals surface area contributed by atoms with Gasteiger partial charge in [-0.25, -0.2) is 4.98 Å². The summed E-state index contributed by atoms with van der Waals surface area (Å²) >= 11 is 1.61. The maximum absolute atomic E-state index is 13.3. The Bertz CT molecular complexity index is 939. The third-order valence-electron chi connectivity index (χ3n) is 6.70. The van der Waals surface area contributed by atoms with Crippen LogP contribution in [0.2, 0.25) is 0 Å². The van der Waals surface area contributed by atoms with Crippen LogP contribution >= 0.6 is 11.3 Å². The van der Waals surface area contributed by atoms with Crippen molar-refractivity contribution in [3.63, 3.8) is 0 Å². The molecule has 3 aliphatic rings. The monoisotopic (exact) mass is 397 g/mol. The van der Waals surface area contributed by atoms with E-state index in [2.05, 4.69) is 13.0 Å². The Labute approximate surface area is 169 Å². The molecule has 1 amide bonds. The molecule has 2 aromatic heterocycles. The molecular weight excluding hydrogens is 370 g/mol. The first-order valence-corrected chi connectivity index (χ1v) is 11.5. The number of aryl methyl sites for hydroxylation is 2. The van der Waals surface area contributed by atoms with Gasteiger partial charge in [-0.15, -0.1) is 11.3 Å². The van der Waals surface area contributed by atoms with Crippen LogP contribution in [0.25, 0.3) is 0 Å². The molecule has 2 aliphatic heterocycles. The van der Waals surface area contributed by atoms with Crippen molar-refractivity contribution in [2.75, 3.05) is 13.1 Å². The van der Waals surface area contributed by atoms with E-state index in [4.69, 9.17) is 4.98 Å². The Morgan fingerprint density at radius 3 is 2.93 bits per heavy atom. The predicted molar refractivity (Wildman–Crippen MR) is 110 cm³/mol. The molecule has 4 heterocycles. The lowest BCUT2D eigenvalue weighted by molar-refractivity contribution is 0.0518. The second kappa shape index (κ2) is 7.14. The number of carbonyl (C=O) groups excluding carboxylic acids is 1. The minimum atomic E-state index is 0.0936. The molecule has 2 aromatic rings. The van der Waals surface area contributed by atoms with Gasteiger partial charge in [-0.1, -0.05) is 19.4 Å². The highest BCUT2D eigenvalue weighted by Gasteiger charge is 2.42. The van der Waals surface area contributed by atoms with Gasteiger partial charge in [0.25, 0.3) is 11.5 Å². The number of nitrogens with zero attached hydrogens (tertiary/aromatic N) is 3. The molecule has 0 saturated carbocycles. The van der Waals surface area contributed by atoms with Gasteiger partial charge in [0.05, 0.1) is 5.69 Å². The summed E-state index contributed by atoms with van der Waals surface area (Å²) in [4.78, 5) is 33.9. The zero-order chi connectivity index (χ0) is 19.3. The number of carbonyl (C=O) groups is 1. The summed E-state index contributed by atoms with van der Waals surface area (Å²) in [6, 6.07) is 5.83. The molecular formula is C22H27N3O2S. The molecule has 3 atom stereocenters. The Morgan fingerprint density at radius 1 is 1.25 bits per heavy atom. The summed E-state index contributed by atoms with van der Waals surface area (Å²) in [6.45, 7) is 3.61. The van der Waals surface area contributed by atoms with Crippen LogP contribution in [0, 0.1) is 5.92 Å². The fourth-order valence-corrected chi connectivity index (χ4v) is 6.57. The first kappa shape index (κ1) is 18.1. The third-order valence-corrected chi connectivity index (χ3v) is 7.84. The largest absolute Gasteiger partial charge is 0.336 e. The van der Waals surface area contributed by atoms with E-state index in [0.717, 1.165) is 50.0 Å². The number of aromatic nitrogens is 2. The summed E-state index contributed by atoms with van der Waals surface area (Å²) in [5.74, 6) is 0.695. The molecule has 1 aliphatic carbocycles. The van der Waals surface area contributed by atoms with E-state index < -0.39 is 0 Å². The molecule has 0 radical (unpaired) electrons. The van der Waals surface area contributed by atoms with E-state index in [1.807, 2.05) is 15.5 Å². The lowest BCUT2D eigenvalue weighted by Crippen LogP contribution is -2.51. The normalized spacial score (nSPS) is 25.9. The average molecular weight is 398 g/mol. The summed E-state index contributed by atoms with van der Waals surface area (Å²) in [5.41, 5.74) is 2.37. The zero-order valence-corrected chi connectivity index (χ0v) is 17.2. The average Bonchev–Trinajstić information content (AvgIpc) is 3.15. The topological polar surface area (TPSA) is 55.2 Å². The molecule has 0 N–H and O–H groups in total. The minimum Gasteiger partial charge on any atom is -0.336 e. The van der Waals surface area contributed by atoms with Gasteiger partial charge < -0.3 is 9.47 Å². The SMILES string of the molecule is CCC[C@H]1[C@H]2C[C@H](CN(C(=O)c3nc4c(s3)CCCC4)C2)c2cccc(=O)n21. The Kier molecular flexibility index (Phi) is 4.62. The van der Waals surface area contributed by atoms with E-state index in [1.54, 1.807) is 17.4 Å². The van der Waals surface area contributed by atoms with Crippen LogP contribution in [0.1, 0.15) is 77.1 Å². The Balaban J connectivity index is 1.46. The van der Waals surface area contributed by atoms with Crippen LogP contribution in [-0.4, -0.2) is 33.4 Å². The van der Waals surface area contributed by atoms with Crippen LogP contribution in [0.5, 0.6) is 0 Å². The van der Waals surface area contributed by atoms with Crippen molar-refractivity contribution in [2.24, 2.45) is 5.92 Å². The summed E-state index contributed by atoms with van der Waals surface area (Å²) in [6.07, 6.45) is 7.58. The summed E-state index contributed by atoms with van der Waals surface area (Å²) in [7, 11) is 0. The van der Waals surface area contributed by atoms with Gasteiger partial charge in [-0.2, -0.15) is 0 Å². The standard InChI is InChI=1S/C22H27N3O2S/c1-2-6-17-14-11-15(18-8-5-10-20(26)25(17)18)13-24(12-14)22(27)21-23-16-7-3-4-9-19(16)28-21/h5,8,10,14-15,17H,2-4,6-7,9,11-13H2,1H3/t14-,15+,17-/m0/s1. The van der Waals surface area contributed by atoms with Gasteiger partial charge in [0.1, 0.15) is 0 Å². The van der Waals surface area contributed by atoms with Gasteiger partial charge in [0.15, 0.2) is 5.01 Å². The second-order valence-corrected chi connectivity index (χ2v) is 9.60. The Morgan fingerprint density at radius 2 is 2.11 bits per heavy atom. The Hall–Kier alpha value is -1.95. The smallest absolute Gasteiger partial charge is 0.282 e. The van der Waals surface area contributed by atoms with E-state index in [9.17, 15) is 9.59 Å². The maximum atomic E-state index is 13.3. The highest BCUT2D eigenvalue weighted by atomic mass is 32.1. The number of piperidine rings is 1. The first-order chi connectivity index (χ1) is 13.7. The lowest BCUT2D eigenvalue weighted by Gasteiger charge is -2.46. The van der Waals surface area contributed by atoms with E-state index in [0.29, 0.717) is 17.5 Å². The molecule has 5 nitrogen and oxygen atoms in total. The zero-order valence-electron chi connectivity index (χ0n) is 16.4. The second-order valence-electron chi connectivity index (χ2n) is 8.51. The van der Waals surface area contributed by atoms with Crippen molar-refractivity contribution in [1.82, 2.24) is 14.5 Å². The van der Waals surface area contributed by atoms with E-state index >= 15 is 0 Å². The minimum absolute atomic E-state index is 0.0936. The molecule has 0 aromatic carbocycles. The number of pyridine rings is 1. The van der Waals surface area contributed by atoms with Crippen molar-refractivity contribution in [1.29, 1.82) is 0 Å². The summed E-state index contributed by atoms with van der Waals surface area (Å²) < 4.78 is 2.03. The molecule has 0 unspecified atom stereocenters. The van der Waals surface area contributed by atoms with Gasteiger partial charge in [0.2, 0.25) is 0 Å². The number of hydrogen-bond donors (Lipinski definition) is 0. The van der Waals surface area contributed by atoms with Gasteiger partial charge in [-0.05, 0) is 50.5 Å². The molecule has 0 spiro atoms. The molecule has 28 heavy (non-hydrogen) atoms. The number of rotatable bonds is 3. The highest BCUT2D eigenvalue weighted by Crippen LogP contribution is 2.43. The third kappa shape index (κ3) is 2.93. The molecule has 6 heteroatoms. The number of fused-ring (bicyclic) bond motifs is 5. The molecule has 1 fully saturated rings. The van der Waals surface area contributed by atoms with Crippen molar-refractivity contribution in [2.45, 2.75) is 63.8 Å². The van der Waals surface area contributed by atoms with Crippen LogP contribution in [0.4, 0.5) is 0 Å². The van der Waals surface area contributed by atoms with Gasteiger partial charge >= 0.3 is 0 Å². The maximum Gasteiger partial charge on any atom is 0.282 e. The van der Waals surface area contributed by atoms with Crippen LogP contribution in [0.3, 0.4) is 0 Å². The van der Waals surface area contributed by atoms with E-state index in [-0.39, 0.29) is 23.4 Å².